The molecule has 10 heteroatoms. The summed E-state index contributed by atoms with van der Waals surface area (Å²) in [6.45, 7) is 0. The van der Waals surface area contributed by atoms with Crippen molar-refractivity contribution in [3.05, 3.63) is 78.2 Å². The van der Waals surface area contributed by atoms with Crippen molar-refractivity contribution in [1.82, 2.24) is 25.0 Å². The molecule has 5 nitrogen and oxygen atoms in total. The molecule has 2 aromatic heterocycles. The molecule has 0 atom stereocenters. The number of alkyl halides is 3. The first-order chi connectivity index (χ1) is 13.9. The average molecular weight is 417 g/mol. The molecule has 29 heavy (non-hydrogen) atoms. The fraction of sp³-hybridized carbons (Fsp3) is 0.0526. The summed E-state index contributed by atoms with van der Waals surface area (Å²) >= 11 is 1.02. The molecule has 0 spiro atoms. The van der Waals surface area contributed by atoms with Gasteiger partial charge in [-0.15, -0.1) is 20.4 Å². The maximum atomic E-state index is 13.3. The van der Waals surface area contributed by atoms with E-state index in [0.29, 0.717) is 16.5 Å². The van der Waals surface area contributed by atoms with Gasteiger partial charge in [-0.05, 0) is 60.3 Å². The summed E-state index contributed by atoms with van der Waals surface area (Å²) in [6, 6.07) is 17.0. The van der Waals surface area contributed by atoms with Crippen LogP contribution in [0.5, 0.6) is 0 Å². The van der Waals surface area contributed by atoms with Crippen LogP contribution in [0.1, 0.15) is 5.69 Å². The van der Waals surface area contributed by atoms with E-state index in [1.165, 1.54) is 18.2 Å². The Hall–Kier alpha value is -3.27. The van der Waals surface area contributed by atoms with E-state index in [1.54, 1.807) is 16.7 Å². The standard InChI is InChI=1S/C19H11F4N5S/c20-13-8-6-12(7-9-13)17-26-27-18(28(17)14-4-2-1-3-5-14)29-16-11-10-15(24-25-16)19(21,22)23/h1-11H. The summed E-state index contributed by atoms with van der Waals surface area (Å²) in [5.74, 6) is 0.0766. The third-order valence-electron chi connectivity index (χ3n) is 3.88. The molecule has 0 saturated carbocycles. The molecule has 0 N–H and O–H groups in total. The topological polar surface area (TPSA) is 56.5 Å². The van der Waals surface area contributed by atoms with Gasteiger partial charge in [0.25, 0.3) is 0 Å². The van der Waals surface area contributed by atoms with Crippen LogP contribution >= 0.6 is 11.8 Å². The molecule has 0 aliphatic carbocycles. The molecule has 0 unspecified atom stereocenters. The Labute approximate surface area is 166 Å². The van der Waals surface area contributed by atoms with Gasteiger partial charge in [-0.3, -0.25) is 4.57 Å². The van der Waals surface area contributed by atoms with E-state index in [0.717, 1.165) is 23.5 Å². The zero-order valence-corrected chi connectivity index (χ0v) is 15.3. The Kier molecular flexibility index (Phi) is 5.01. The molecule has 4 rings (SSSR count). The molecule has 0 bridgehead atoms. The van der Waals surface area contributed by atoms with Gasteiger partial charge in [0.15, 0.2) is 11.5 Å². The minimum absolute atomic E-state index is 0.230. The molecule has 0 fully saturated rings. The van der Waals surface area contributed by atoms with E-state index in [4.69, 9.17) is 0 Å². The largest absolute Gasteiger partial charge is 0.435 e. The lowest BCUT2D eigenvalue weighted by Gasteiger charge is -2.10. The summed E-state index contributed by atoms with van der Waals surface area (Å²) in [7, 11) is 0. The second-order valence-electron chi connectivity index (χ2n) is 5.84. The van der Waals surface area contributed by atoms with Gasteiger partial charge >= 0.3 is 6.18 Å². The molecule has 4 aromatic rings. The van der Waals surface area contributed by atoms with Gasteiger partial charge in [-0.1, -0.05) is 18.2 Å². The molecule has 0 amide bonds. The van der Waals surface area contributed by atoms with Crippen LogP contribution in [0.4, 0.5) is 17.6 Å². The quantitative estimate of drug-likeness (QED) is 0.436. The van der Waals surface area contributed by atoms with E-state index < -0.39 is 11.9 Å². The van der Waals surface area contributed by atoms with E-state index >= 15 is 0 Å². The third kappa shape index (κ3) is 4.11. The van der Waals surface area contributed by atoms with Crippen LogP contribution in [0.25, 0.3) is 17.1 Å². The van der Waals surface area contributed by atoms with Crippen LogP contribution in [0, 0.1) is 5.82 Å². The zero-order valence-electron chi connectivity index (χ0n) is 14.5. The van der Waals surface area contributed by atoms with Gasteiger partial charge in [0, 0.05) is 11.3 Å². The van der Waals surface area contributed by atoms with E-state index in [2.05, 4.69) is 20.4 Å². The summed E-state index contributed by atoms with van der Waals surface area (Å²) < 4.78 is 53.1. The van der Waals surface area contributed by atoms with Gasteiger partial charge in [0.05, 0.1) is 0 Å². The normalized spacial score (nSPS) is 11.6. The minimum Gasteiger partial charge on any atom is -0.270 e. The van der Waals surface area contributed by atoms with Crippen LogP contribution in [-0.2, 0) is 6.18 Å². The maximum Gasteiger partial charge on any atom is 0.435 e. The first-order valence-corrected chi connectivity index (χ1v) is 9.09. The van der Waals surface area contributed by atoms with E-state index in [1.807, 2.05) is 30.3 Å². The van der Waals surface area contributed by atoms with Gasteiger partial charge < -0.3 is 0 Å². The van der Waals surface area contributed by atoms with Crippen molar-refractivity contribution >= 4 is 11.8 Å². The van der Waals surface area contributed by atoms with Crippen molar-refractivity contribution in [2.45, 2.75) is 16.4 Å². The van der Waals surface area contributed by atoms with Crippen LogP contribution in [0.2, 0.25) is 0 Å². The molecule has 2 aromatic carbocycles. The van der Waals surface area contributed by atoms with Crippen molar-refractivity contribution in [3.8, 4) is 17.1 Å². The Balaban J connectivity index is 1.75. The molecule has 0 saturated heterocycles. The molecule has 2 heterocycles. The van der Waals surface area contributed by atoms with Crippen molar-refractivity contribution in [2.75, 3.05) is 0 Å². The Bertz CT molecular complexity index is 1110. The highest BCUT2D eigenvalue weighted by atomic mass is 32.2. The van der Waals surface area contributed by atoms with E-state index in [9.17, 15) is 17.6 Å². The Morgan fingerprint density at radius 2 is 1.48 bits per heavy atom. The van der Waals surface area contributed by atoms with Gasteiger partial charge in [0.2, 0.25) is 5.16 Å². The highest BCUT2D eigenvalue weighted by Gasteiger charge is 2.33. The van der Waals surface area contributed by atoms with Crippen molar-refractivity contribution < 1.29 is 17.6 Å². The molecule has 0 aliphatic heterocycles. The van der Waals surface area contributed by atoms with E-state index in [-0.39, 0.29) is 10.8 Å². The lowest BCUT2D eigenvalue weighted by atomic mass is 10.2. The van der Waals surface area contributed by atoms with Crippen molar-refractivity contribution in [3.63, 3.8) is 0 Å². The van der Waals surface area contributed by atoms with Gasteiger partial charge in [-0.2, -0.15) is 13.2 Å². The SMILES string of the molecule is Fc1ccc(-c2nnc(Sc3ccc(C(F)(F)F)nn3)n2-c2ccccc2)cc1. The predicted octanol–water partition coefficient (Wildman–Crippen LogP) is 5.03. The number of halogens is 4. The van der Waals surface area contributed by atoms with Crippen LogP contribution in [-0.4, -0.2) is 25.0 Å². The summed E-state index contributed by atoms with van der Waals surface area (Å²) in [6.07, 6.45) is -4.56. The predicted molar refractivity (Wildman–Crippen MR) is 97.9 cm³/mol. The number of aromatic nitrogens is 5. The minimum atomic E-state index is -4.56. The highest BCUT2D eigenvalue weighted by molar-refractivity contribution is 7.99. The fourth-order valence-corrected chi connectivity index (χ4v) is 3.32. The lowest BCUT2D eigenvalue weighted by Crippen LogP contribution is -2.08. The van der Waals surface area contributed by atoms with Crippen LogP contribution < -0.4 is 0 Å². The Morgan fingerprint density at radius 3 is 2.10 bits per heavy atom. The molecule has 146 valence electrons. The highest BCUT2D eigenvalue weighted by Crippen LogP contribution is 2.32. The van der Waals surface area contributed by atoms with Crippen molar-refractivity contribution in [1.29, 1.82) is 0 Å². The molecular weight excluding hydrogens is 406 g/mol. The van der Waals surface area contributed by atoms with Crippen molar-refractivity contribution in [2.24, 2.45) is 0 Å². The maximum absolute atomic E-state index is 13.3. The number of hydrogen-bond acceptors (Lipinski definition) is 5. The molecule has 0 aliphatic rings. The number of hydrogen-bond donors (Lipinski definition) is 0. The summed E-state index contributed by atoms with van der Waals surface area (Å²) in [5.41, 5.74) is 0.297. The third-order valence-corrected chi connectivity index (χ3v) is 4.75. The molecule has 0 radical (unpaired) electrons. The van der Waals surface area contributed by atoms with Crippen LogP contribution in [0.15, 0.2) is 76.9 Å². The Morgan fingerprint density at radius 1 is 0.759 bits per heavy atom. The smallest absolute Gasteiger partial charge is 0.270 e. The van der Waals surface area contributed by atoms with Crippen LogP contribution in [0.3, 0.4) is 0 Å². The summed E-state index contributed by atoms with van der Waals surface area (Å²) in [5, 5.41) is 15.8. The first kappa shape index (κ1) is 19.1. The van der Waals surface area contributed by atoms with Gasteiger partial charge in [-0.25, -0.2) is 4.39 Å². The van der Waals surface area contributed by atoms with Gasteiger partial charge in [0.1, 0.15) is 10.8 Å². The number of nitrogens with zero attached hydrogens (tertiary/aromatic N) is 5. The average Bonchev–Trinajstić information content (AvgIpc) is 3.12. The second kappa shape index (κ2) is 7.63. The second-order valence-corrected chi connectivity index (χ2v) is 6.83. The number of benzene rings is 2. The zero-order chi connectivity index (χ0) is 20.4. The number of rotatable bonds is 4. The molecular formula is C19H11F4N5S. The number of para-hydroxylation sites is 1. The fourth-order valence-electron chi connectivity index (χ4n) is 2.55. The first-order valence-electron chi connectivity index (χ1n) is 8.27. The monoisotopic (exact) mass is 417 g/mol. The summed E-state index contributed by atoms with van der Waals surface area (Å²) in [4.78, 5) is 0. The lowest BCUT2D eigenvalue weighted by molar-refractivity contribution is -0.141.